The Morgan fingerprint density at radius 2 is 1.68 bits per heavy atom. The lowest BCUT2D eigenvalue weighted by Crippen LogP contribution is -2.28. The predicted octanol–water partition coefficient (Wildman–Crippen LogP) is 3.65. The van der Waals surface area contributed by atoms with E-state index >= 15 is 0 Å². The maximum Gasteiger partial charge on any atom is 0.240 e. The third-order valence-corrected chi connectivity index (χ3v) is 6.66. The minimum atomic E-state index is -3.69. The van der Waals surface area contributed by atoms with Gasteiger partial charge in [-0.15, -0.1) is 0 Å². The molecule has 0 radical (unpaired) electrons. The Morgan fingerprint density at radius 1 is 0.968 bits per heavy atom. The molecule has 9 heteroatoms. The van der Waals surface area contributed by atoms with Crippen molar-refractivity contribution in [2.75, 3.05) is 17.2 Å². The molecular formula is C22H26FN3O4S. The highest BCUT2D eigenvalue weighted by Crippen LogP contribution is 2.26. The molecule has 0 heterocycles. The standard InChI is InChI=1S/C22H26FN3O4S/c23-19-12-11-17(15-20(19)26-22(28)16-7-3-1-4-8-16)25-21(27)13-14-24-31(29,30)18-9-5-2-6-10-18/h2,5-6,9-12,15-16,24H,1,3-4,7-8,13-14H2,(H,25,27)(H,26,28). The summed E-state index contributed by atoms with van der Waals surface area (Å²) in [5, 5.41) is 5.21. The second-order valence-electron chi connectivity index (χ2n) is 7.53. The molecule has 0 unspecified atom stereocenters. The molecule has 2 aromatic rings. The van der Waals surface area contributed by atoms with Gasteiger partial charge in [-0.05, 0) is 43.2 Å². The van der Waals surface area contributed by atoms with Gasteiger partial charge in [0.15, 0.2) is 0 Å². The summed E-state index contributed by atoms with van der Waals surface area (Å²) in [4.78, 5) is 24.7. The molecule has 0 saturated heterocycles. The van der Waals surface area contributed by atoms with Crippen LogP contribution in [0.4, 0.5) is 15.8 Å². The minimum absolute atomic E-state index is 0.0122. The van der Waals surface area contributed by atoms with Crippen LogP contribution in [0, 0.1) is 11.7 Å². The number of hydrogen-bond donors (Lipinski definition) is 3. The van der Waals surface area contributed by atoms with Crippen molar-refractivity contribution in [3.05, 3.63) is 54.3 Å². The molecule has 3 N–H and O–H groups in total. The molecule has 1 aliphatic rings. The molecule has 31 heavy (non-hydrogen) atoms. The van der Waals surface area contributed by atoms with E-state index in [1.54, 1.807) is 18.2 Å². The van der Waals surface area contributed by atoms with Crippen LogP contribution < -0.4 is 15.4 Å². The number of nitrogens with one attached hydrogen (secondary N) is 3. The summed E-state index contributed by atoms with van der Waals surface area (Å²) in [6, 6.07) is 11.8. The molecule has 0 spiro atoms. The highest BCUT2D eigenvalue weighted by Gasteiger charge is 2.22. The molecule has 1 aliphatic carbocycles. The van der Waals surface area contributed by atoms with Crippen molar-refractivity contribution < 1.29 is 22.4 Å². The number of carbonyl (C=O) groups excluding carboxylic acids is 2. The van der Waals surface area contributed by atoms with Crippen LogP contribution >= 0.6 is 0 Å². The fourth-order valence-corrected chi connectivity index (χ4v) is 4.56. The van der Waals surface area contributed by atoms with Gasteiger partial charge < -0.3 is 10.6 Å². The van der Waals surface area contributed by atoms with Gasteiger partial charge in [-0.3, -0.25) is 9.59 Å². The summed E-state index contributed by atoms with van der Waals surface area (Å²) in [5.74, 6) is -1.36. The van der Waals surface area contributed by atoms with Gasteiger partial charge in [0.25, 0.3) is 0 Å². The maximum atomic E-state index is 14.1. The molecule has 0 aromatic heterocycles. The summed E-state index contributed by atoms with van der Waals surface area (Å²) in [6.07, 6.45) is 4.58. The van der Waals surface area contributed by atoms with Crippen LogP contribution in [0.5, 0.6) is 0 Å². The molecule has 2 aromatic carbocycles. The molecule has 7 nitrogen and oxygen atoms in total. The average molecular weight is 448 g/mol. The predicted molar refractivity (Wildman–Crippen MR) is 116 cm³/mol. The quantitative estimate of drug-likeness (QED) is 0.574. The summed E-state index contributed by atoms with van der Waals surface area (Å²) in [7, 11) is -3.69. The van der Waals surface area contributed by atoms with Crippen LogP contribution in [-0.4, -0.2) is 26.8 Å². The SMILES string of the molecule is O=C(CCNS(=O)(=O)c1ccccc1)Nc1ccc(F)c(NC(=O)C2CCCCC2)c1. The number of anilines is 2. The van der Waals surface area contributed by atoms with E-state index in [0.29, 0.717) is 5.69 Å². The second kappa shape index (κ2) is 10.5. The molecule has 1 saturated carbocycles. The zero-order valence-corrected chi connectivity index (χ0v) is 17.9. The number of benzene rings is 2. The summed E-state index contributed by atoms with van der Waals surface area (Å²) in [6.45, 7) is -0.0878. The molecule has 166 valence electrons. The lowest BCUT2D eigenvalue weighted by molar-refractivity contribution is -0.120. The van der Waals surface area contributed by atoms with Gasteiger partial charge in [0.05, 0.1) is 10.6 Å². The smallest absolute Gasteiger partial charge is 0.240 e. The van der Waals surface area contributed by atoms with Crippen LogP contribution in [0.1, 0.15) is 38.5 Å². The van der Waals surface area contributed by atoms with Crippen molar-refractivity contribution in [3.63, 3.8) is 0 Å². The van der Waals surface area contributed by atoms with Crippen LogP contribution in [0.3, 0.4) is 0 Å². The molecule has 2 amide bonds. The molecule has 3 rings (SSSR count). The van der Waals surface area contributed by atoms with Crippen LogP contribution in [-0.2, 0) is 19.6 Å². The Hall–Kier alpha value is -2.78. The van der Waals surface area contributed by atoms with Crippen LogP contribution in [0.25, 0.3) is 0 Å². The number of amides is 2. The van der Waals surface area contributed by atoms with Gasteiger partial charge in [0, 0.05) is 24.6 Å². The Bertz CT molecular complexity index is 1020. The van der Waals surface area contributed by atoms with Crippen molar-refractivity contribution in [3.8, 4) is 0 Å². The van der Waals surface area contributed by atoms with E-state index in [9.17, 15) is 22.4 Å². The van der Waals surface area contributed by atoms with Gasteiger partial charge in [0.2, 0.25) is 21.8 Å². The van der Waals surface area contributed by atoms with Gasteiger partial charge in [-0.2, -0.15) is 0 Å². The first-order chi connectivity index (χ1) is 14.8. The largest absolute Gasteiger partial charge is 0.326 e. The first kappa shape index (κ1) is 22.9. The highest BCUT2D eigenvalue weighted by molar-refractivity contribution is 7.89. The fourth-order valence-electron chi connectivity index (χ4n) is 3.50. The Labute approximate surface area is 181 Å². The summed E-state index contributed by atoms with van der Waals surface area (Å²) in [5.41, 5.74) is 0.328. The van der Waals surface area contributed by atoms with Crippen molar-refractivity contribution >= 4 is 33.2 Å². The zero-order chi connectivity index (χ0) is 22.3. The number of halogens is 1. The first-order valence-corrected chi connectivity index (χ1v) is 11.8. The lowest BCUT2D eigenvalue weighted by atomic mass is 9.88. The number of rotatable bonds is 8. The lowest BCUT2D eigenvalue weighted by Gasteiger charge is -2.21. The number of hydrogen-bond acceptors (Lipinski definition) is 4. The second-order valence-corrected chi connectivity index (χ2v) is 9.29. The van der Waals surface area contributed by atoms with Crippen LogP contribution in [0.2, 0.25) is 0 Å². The molecule has 0 aliphatic heterocycles. The van der Waals surface area contributed by atoms with Gasteiger partial charge in [0.1, 0.15) is 5.82 Å². The summed E-state index contributed by atoms with van der Waals surface area (Å²) < 4.78 is 40.8. The fraction of sp³-hybridized carbons (Fsp3) is 0.364. The first-order valence-electron chi connectivity index (χ1n) is 10.3. The third kappa shape index (κ3) is 6.60. The van der Waals surface area contributed by atoms with Gasteiger partial charge in [-0.1, -0.05) is 37.5 Å². The third-order valence-electron chi connectivity index (χ3n) is 5.18. The van der Waals surface area contributed by atoms with Crippen molar-refractivity contribution in [2.45, 2.75) is 43.4 Å². The number of sulfonamides is 1. The summed E-state index contributed by atoms with van der Waals surface area (Å²) >= 11 is 0. The molecule has 0 bridgehead atoms. The molecular weight excluding hydrogens is 421 g/mol. The topological polar surface area (TPSA) is 104 Å². The molecule has 0 atom stereocenters. The van der Waals surface area contributed by atoms with E-state index in [4.69, 9.17) is 0 Å². The minimum Gasteiger partial charge on any atom is -0.326 e. The monoisotopic (exact) mass is 447 g/mol. The van der Waals surface area contributed by atoms with Crippen molar-refractivity contribution in [2.24, 2.45) is 5.92 Å². The normalized spacial score (nSPS) is 14.7. The Balaban J connectivity index is 1.53. The van der Waals surface area contributed by atoms with E-state index in [-0.39, 0.29) is 35.4 Å². The highest BCUT2D eigenvalue weighted by atomic mass is 32.2. The van der Waals surface area contributed by atoms with E-state index < -0.39 is 21.7 Å². The van der Waals surface area contributed by atoms with Crippen molar-refractivity contribution in [1.82, 2.24) is 4.72 Å². The van der Waals surface area contributed by atoms with E-state index in [1.165, 1.54) is 30.3 Å². The zero-order valence-electron chi connectivity index (χ0n) is 17.1. The van der Waals surface area contributed by atoms with Crippen molar-refractivity contribution in [1.29, 1.82) is 0 Å². The Kier molecular flexibility index (Phi) is 7.75. The van der Waals surface area contributed by atoms with E-state index in [1.807, 2.05) is 0 Å². The number of carbonyl (C=O) groups is 2. The van der Waals surface area contributed by atoms with E-state index in [2.05, 4.69) is 15.4 Å². The van der Waals surface area contributed by atoms with Gasteiger partial charge >= 0.3 is 0 Å². The van der Waals surface area contributed by atoms with Gasteiger partial charge in [-0.25, -0.2) is 17.5 Å². The average Bonchev–Trinajstić information content (AvgIpc) is 2.77. The maximum absolute atomic E-state index is 14.1. The molecule has 1 fully saturated rings. The van der Waals surface area contributed by atoms with E-state index in [0.717, 1.165) is 32.1 Å². The Morgan fingerprint density at radius 3 is 2.39 bits per heavy atom. The van der Waals surface area contributed by atoms with Crippen LogP contribution in [0.15, 0.2) is 53.4 Å².